The van der Waals surface area contributed by atoms with Gasteiger partial charge in [0, 0.05) is 12.5 Å². The Kier molecular flexibility index (Phi) is 9.74. The Morgan fingerprint density at radius 3 is 2.33 bits per heavy atom. The average Bonchev–Trinajstić information content (AvgIpc) is 2.74. The second kappa shape index (κ2) is 12.1. The van der Waals surface area contributed by atoms with E-state index in [9.17, 15) is 14.4 Å². The molecule has 1 aliphatic rings. The molecule has 7 nitrogen and oxygen atoms in total. The highest BCUT2D eigenvalue weighted by molar-refractivity contribution is 5.83. The second-order valence-electron chi connectivity index (χ2n) is 10.6. The van der Waals surface area contributed by atoms with Crippen molar-refractivity contribution in [2.45, 2.75) is 72.4 Å². The Morgan fingerprint density at radius 2 is 1.73 bits per heavy atom. The molecule has 7 heteroatoms. The predicted molar refractivity (Wildman–Crippen MR) is 129 cm³/mol. The first kappa shape index (κ1) is 26.7. The second-order valence-corrected chi connectivity index (χ2v) is 10.6. The molecule has 1 fully saturated rings. The summed E-state index contributed by atoms with van der Waals surface area (Å²) in [6.45, 7) is 11.9. The summed E-state index contributed by atoms with van der Waals surface area (Å²) in [5, 5.41) is 8.50. The van der Waals surface area contributed by atoms with Gasteiger partial charge in [-0.25, -0.2) is 4.79 Å². The summed E-state index contributed by atoms with van der Waals surface area (Å²) >= 11 is 0. The van der Waals surface area contributed by atoms with E-state index in [0.29, 0.717) is 17.8 Å². The van der Waals surface area contributed by atoms with E-state index in [4.69, 9.17) is 4.74 Å². The van der Waals surface area contributed by atoms with Gasteiger partial charge in [-0.05, 0) is 56.9 Å². The van der Waals surface area contributed by atoms with Gasteiger partial charge in [0.2, 0.25) is 11.8 Å². The normalized spacial score (nSPS) is 21.7. The lowest BCUT2D eigenvalue weighted by Gasteiger charge is -2.36. The van der Waals surface area contributed by atoms with E-state index < -0.39 is 17.7 Å². The Hall–Kier alpha value is -2.57. The number of benzene rings is 1. The largest absolute Gasteiger partial charge is 0.444 e. The molecule has 0 bridgehead atoms. The van der Waals surface area contributed by atoms with Crippen LogP contribution in [0.1, 0.15) is 72.4 Å². The summed E-state index contributed by atoms with van der Waals surface area (Å²) in [4.78, 5) is 37.5. The third kappa shape index (κ3) is 9.06. The van der Waals surface area contributed by atoms with E-state index in [1.807, 2.05) is 30.3 Å². The van der Waals surface area contributed by atoms with Gasteiger partial charge in [-0.1, -0.05) is 57.5 Å². The molecule has 0 spiro atoms. The minimum absolute atomic E-state index is 0.00490. The Labute approximate surface area is 198 Å². The van der Waals surface area contributed by atoms with Crippen LogP contribution in [-0.4, -0.2) is 36.6 Å². The maximum absolute atomic E-state index is 13.1. The molecule has 1 aromatic carbocycles. The minimum Gasteiger partial charge on any atom is -0.444 e. The van der Waals surface area contributed by atoms with Gasteiger partial charge >= 0.3 is 6.09 Å². The Balaban J connectivity index is 1.99. The van der Waals surface area contributed by atoms with Gasteiger partial charge in [0.25, 0.3) is 0 Å². The molecule has 1 aliphatic carbocycles. The Morgan fingerprint density at radius 1 is 1.06 bits per heavy atom. The van der Waals surface area contributed by atoms with Crippen molar-refractivity contribution in [3.05, 3.63) is 35.9 Å². The lowest BCUT2D eigenvalue weighted by Crippen LogP contribution is -2.46. The smallest absolute Gasteiger partial charge is 0.408 e. The zero-order valence-electron chi connectivity index (χ0n) is 20.9. The zero-order chi connectivity index (χ0) is 24.6. The van der Waals surface area contributed by atoms with Crippen LogP contribution in [0.5, 0.6) is 0 Å². The molecule has 33 heavy (non-hydrogen) atoms. The fourth-order valence-corrected chi connectivity index (χ4v) is 4.49. The standard InChI is InChI=1S/C26H41N3O4/c1-17(2)20-13-12-18(3)14-21(20)24(31)27-15-22(19-10-8-7-9-11-19)29-23(30)16-28-25(32)33-26(4,5)6/h7-11,17-18,20-22H,12-16H2,1-6H3,(H,27,31)(H,28,32)(H,29,30)/t18-,20+,21-,22-/m1/s1. The molecule has 1 saturated carbocycles. The number of alkyl carbamates (subject to hydrolysis) is 1. The van der Waals surface area contributed by atoms with Gasteiger partial charge in [-0.15, -0.1) is 0 Å². The SMILES string of the molecule is CC(C)[C@@H]1CC[C@@H](C)C[C@H]1C(=O)NC[C@@H](NC(=O)CNC(=O)OC(C)(C)C)c1ccccc1. The molecular formula is C26H41N3O4. The zero-order valence-corrected chi connectivity index (χ0v) is 20.9. The van der Waals surface area contributed by atoms with Crippen molar-refractivity contribution >= 4 is 17.9 Å². The van der Waals surface area contributed by atoms with E-state index in [-0.39, 0.29) is 30.8 Å². The minimum atomic E-state index is -0.645. The van der Waals surface area contributed by atoms with Crippen LogP contribution in [0.2, 0.25) is 0 Å². The highest BCUT2D eigenvalue weighted by atomic mass is 16.6. The van der Waals surface area contributed by atoms with E-state index in [1.54, 1.807) is 20.8 Å². The van der Waals surface area contributed by atoms with Gasteiger partial charge < -0.3 is 20.7 Å². The van der Waals surface area contributed by atoms with Crippen LogP contribution < -0.4 is 16.0 Å². The molecule has 2 rings (SSSR count). The first-order chi connectivity index (χ1) is 15.5. The third-order valence-corrected chi connectivity index (χ3v) is 6.17. The molecule has 4 atom stereocenters. The van der Waals surface area contributed by atoms with Gasteiger partial charge in [-0.2, -0.15) is 0 Å². The van der Waals surface area contributed by atoms with Crippen LogP contribution in [0.3, 0.4) is 0 Å². The molecule has 0 heterocycles. The van der Waals surface area contributed by atoms with Crippen molar-refractivity contribution in [3.8, 4) is 0 Å². The number of nitrogens with one attached hydrogen (secondary N) is 3. The van der Waals surface area contributed by atoms with Gasteiger partial charge in [0.1, 0.15) is 12.1 Å². The van der Waals surface area contributed by atoms with Crippen molar-refractivity contribution in [1.82, 2.24) is 16.0 Å². The van der Waals surface area contributed by atoms with Crippen LogP contribution in [0.25, 0.3) is 0 Å². The maximum Gasteiger partial charge on any atom is 0.408 e. The molecule has 0 aliphatic heterocycles. The summed E-state index contributed by atoms with van der Waals surface area (Å²) in [5.41, 5.74) is 0.253. The van der Waals surface area contributed by atoms with Crippen molar-refractivity contribution in [2.24, 2.45) is 23.7 Å². The Bertz CT molecular complexity index is 788. The number of hydrogen-bond donors (Lipinski definition) is 3. The number of carbonyl (C=O) groups is 3. The molecule has 1 aromatic rings. The molecule has 3 N–H and O–H groups in total. The van der Waals surface area contributed by atoms with Crippen LogP contribution in [0.15, 0.2) is 30.3 Å². The molecule has 0 radical (unpaired) electrons. The van der Waals surface area contributed by atoms with Crippen LogP contribution >= 0.6 is 0 Å². The number of hydrogen-bond acceptors (Lipinski definition) is 4. The molecule has 0 aromatic heterocycles. The molecule has 0 saturated heterocycles. The molecule has 184 valence electrons. The van der Waals surface area contributed by atoms with E-state index >= 15 is 0 Å². The summed E-state index contributed by atoms with van der Waals surface area (Å²) in [5.74, 6) is 1.08. The summed E-state index contributed by atoms with van der Waals surface area (Å²) in [6, 6.07) is 9.12. The van der Waals surface area contributed by atoms with Crippen molar-refractivity contribution in [3.63, 3.8) is 0 Å². The number of carbonyl (C=O) groups excluding carboxylic acids is 3. The van der Waals surface area contributed by atoms with Crippen molar-refractivity contribution in [2.75, 3.05) is 13.1 Å². The monoisotopic (exact) mass is 459 g/mol. The van der Waals surface area contributed by atoms with E-state index in [0.717, 1.165) is 18.4 Å². The first-order valence-electron chi connectivity index (χ1n) is 12.0. The fraction of sp³-hybridized carbons (Fsp3) is 0.654. The number of rotatable bonds is 8. The topological polar surface area (TPSA) is 96.5 Å². The highest BCUT2D eigenvalue weighted by Crippen LogP contribution is 2.38. The third-order valence-electron chi connectivity index (χ3n) is 6.17. The quantitative estimate of drug-likeness (QED) is 0.543. The lowest BCUT2D eigenvalue weighted by atomic mass is 9.70. The lowest BCUT2D eigenvalue weighted by molar-refractivity contribution is -0.129. The number of ether oxygens (including phenoxy) is 1. The summed E-state index contributed by atoms with van der Waals surface area (Å²) in [7, 11) is 0. The first-order valence-corrected chi connectivity index (χ1v) is 12.0. The van der Waals surface area contributed by atoms with Crippen LogP contribution in [-0.2, 0) is 14.3 Å². The fourth-order valence-electron chi connectivity index (χ4n) is 4.49. The predicted octanol–water partition coefficient (Wildman–Crippen LogP) is 4.19. The van der Waals surface area contributed by atoms with Gasteiger partial charge in [0.15, 0.2) is 0 Å². The van der Waals surface area contributed by atoms with Crippen LogP contribution in [0, 0.1) is 23.7 Å². The van der Waals surface area contributed by atoms with E-state index in [2.05, 4.69) is 36.7 Å². The molecule has 0 unspecified atom stereocenters. The van der Waals surface area contributed by atoms with Crippen molar-refractivity contribution in [1.29, 1.82) is 0 Å². The number of amides is 3. The highest BCUT2D eigenvalue weighted by Gasteiger charge is 2.35. The molecule has 3 amide bonds. The van der Waals surface area contributed by atoms with Crippen LogP contribution in [0.4, 0.5) is 4.79 Å². The van der Waals surface area contributed by atoms with Crippen molar-refractivity contribution < 1.29 is 19.1 Å². The average molecular weight is 460 g/mol. The van der Waals surface area contributed by atoms with Gasteiger partial charge in [-0.3, -0.25) is 9.59 Å². The van der Waals surface area contributed by atoms with E-state index in [1.165, 1.54) is 6.42 Å². The summed E-state index contributed by atoms with van der Waals surface area (Å²) in [6.07, 6.45) is 2.50. The molecular weight excluding hydrogens is 418 g/mol. The summed E-state index contributed by atoms with van der Waals surface area (Å²) < 4.78 is 5.17. The van der Waals surface area contributed by atoms with Gasteiger partial charge in [0.05, 0.1) is 6.04 Å². The maximum atomic E-state index is 13.1.